The molecule has 6 heteroatoms. The molecular formula is C17H13NO4S. The Morgan fingerprint density at radius 3 is 2.57 bits per heavy atom. The number of aromatic nitrogens is 1. The summed E-state index contributed by atoms with van der Waals surface area (Å²) in [6.07, 6.45) is 0. The number of carbonyl (C=O) groups excluding carboxylic acids is 2. The number of carbonyl (C=O) groups is 2. The zero-order valence-electron chi connectivity index (χ0n) is 12.3. The predicted molar refractivity (Wildman–Crippen MR) is 85.4 cm³/mol. The van der Waals surface area contributed by atoms with Crippen molar-refractivity contribution in [3.63, 3.8) is 0 Å². The van der Waals surface area contributed by atoms with E-state index in [0.717, 1.165) is 16.9 Å². The zero-order valence-corrected chi connectivity index (χ0v) is 13.1. The zero-order chi connectivity index (χ0) is 16.2. The van der Waals surface area contributed by atoms with Gasteiger partial charge in [0.15, 0.2) is 11.5 Å². The van der Waals surface area contributed by atoms with Crippen LogP contribution in [0.2, 0.25) is 0 Å². The molecule has 23 heavy (non-hydrogen) atoms. The Balaban J connectivity index is 1.63. The van der Waals surface area contributed by atoms with E-state index in [1.807, 2.05) is 30.3 Å². The highest BCUT2D eigenvalue weighted by Gasteiger charge is 2.14. The number of benzene rings is 1. The Labute approximate surface area is 136 Å². The molecule has 1 aromatic carbocycles. The molecule has 5 nitrogen and oxygen atoms in total. The van der Waals surface area contributed by atoms with Crippen LogP contribution in [-0.4, -0.2) is 16.9 Å². The van der Waals surface area contributed by atoms with Gasteiger partial charge in [0.2, 0.25) is 0 Å². The average Bonchev–Trinajstić information content (AvgIpc) is 3.23. The van der Waals surface area contributed by atoms with Gasteiger partial charge >= 0.3 is 5.97 Å². The molecule has 2 heterocycles. The maximum absolute atomic E-state index is 11.9. The number of thiophene rings is 1. The molecular weight excluding hydrogens is 314 g/mol. The van der Waals surface area contributed by atoms with E-state index in [2.05, 4.69) is 5.16 Å². The molecule has 0 saturated heterocycles. The third kappa shape index (κ3) is 3.54. The lowest BCUT2D eigenvalue weighted by molar-refractivity contribution is 0.0470. The van der Waals surface area contributed by atoms with E-state index in [1.54, 1.807) is 18.2 Å². The van der Waals surface area contributed by atoms with Crippen LogP contribution in [0.3, 0.4) is 0 Å². The van der Waals surface area contributed by atoms with Gasteiger partial charge in [-0.3, -0.25) is 4.79 Å². The molecule has 3 rings (SSSR count). The lowest BCUT2D eigenvalue weighted by Crippen LogP contribution is -2.03. The molecule has 0 bridgehead atoms. The van der Waals surface area contributed by atoms with Gasteiger partial charge in [0.1, 0.15) is 17.2 Å². The lowest BCUT2D eigenvalue weighted by Gasteiger charge is -1.99. The van der Waals surface area contributed by atoms with Crippen molar-refractivity contribution >= 4 is 23.1 Å². The fourth-order valence-electron chi connectivity index (χ4n) is 1.97. The first-order chi connectivity index (χ1) is 11.1. The van der Waals surface area contributed by atoms with Gasteiger partial charge in [0, 0.05) is 11.6 Å². The van der Waals surface area contributed by atoms with E-state index in [4.69, 9.17) is 9.26 Å². The third-order valence-corrected chi connectivity index (χ3v) is 4.29. The van der Waals surface area contributed by atoms with Crippen LogP contribution in [0.1, 0.15) is 32.0 Å². The number of ketones is 1. The minimum Gasteiger partial charge on any atom is -0.455 e. The predicted octanol–water partition coefficient (Wildman–Crippen LogP) is 3.96. The Morgan fingerprint density at radius 2 is 1.87 bits per heavy atom. The number of ether oxygens (including phenoxy) is 1. The van der Waals surface area contributed by atoms with Gasteiger partial charge in [-0.05, 0) is 19.1 Å². The van der Waals surface area contributed by atoms with E-state index in [0.29, 0.717) is 21.2 Å². The molecule has 0 N–H and O–H groups in total. The molecule has 116 valence electrons. The Kier molecular flexibility index (Phi) is 4.34. The molecule has 0 aliphatic carbocycles. The van der Waals surface area contributed by atoms with Crippen LogP contribution in [0.4, 0.5) is 0 Å². The summed E-state index contributed by atoms with van der Waals surface area (Å²) in [5, 5.41) is 3.89. The van der Waals surface area contributed by atoms with Gasteiger partial charge in [-0.1, -0.05) is 35.5 Å². The van der Waals surface area contributed by atoms with E-state index in [-0.39, 0.29) is 12.4 Å². The number of nitrogens with zero attached hydrogens (tertiary/aromatic N) is 1. The summed E-state index contributed by atoms with van der Waals surface area (Å²) in [5.41, 5.74) is 1.43. The van der Waals surface area contributed by atoms with Crippen molar-refractivity contribution in [3.05, 3.63) is 64.0 Å². The Hall–Kier alpha value is -2.73. The fraction of sp³-hybridized carbons (Fsp3) is 0.118. The number of rotatable bonds is 5. The minimum absolute atomic E-state index is 0.0163. The number of hydrogen-bond donors (Lipinski definition) is 0. The van der Waals surface area contributed by atoms with Crippen LogP contribution >= 0.6 is 11.3 Å². The van der Waals surface area contributed by atoms with Crippen LogP contribution in [0.15, 0.2) is 53.1 Å². The van der Waals surface area contributed by atoms with Gasteiger partial charge in [0.25, 0.3) is 0 Å². The molecule has 2 aromatic heterocycles. The highest BCUT2D eigenvalue weighted by atomic mass is 32.1. The molecule has 0 aliphatic rings. The Morgan fingerprint density at radius 1 is 1.13 bits per heavy atom. The van der Waals surface area contributed by atoms with Crippen molar-refractivity contribution in [2.45, 2.75) is 13.5 Å². The SMILES string of the molecule is CC(=O)c1ccc(C(=O)OCc2cc(-c3ccccc3)on2)s1. The molecule has 0 radical (unpaired) electrons. The van der Waals surface area contributed by atoms with Crippen LogP contribution in [-0.2, 0) is 11.3 Å². The van der Waals surface area contributed by atoms with Crippen LogP contribution in [0, 0.1) is 0 Å². The van der Waals surface area contributed by atoms with Crippen molar-refractivity contribution in [2.75, 3.05) is 0 Å². The quantitative estimate of drug-likeness (QED) is 0.524. The summed E-state index contributed by atoms with van der Waals surface area (Å²) in [4.78, 5) is 24.1. The lowest BCUT2D eigenvalue weighted by atomic mass is 10.2. The first-order valence-corrected chi connectivity index (χ1v) is 7.74. The van der Waals surface area contributed by atoms with Gasteiger partial charge in [-0.25, -0.2) is 4.79 Å². The standard InChI is InChI=1S/C17H13NO4S/c1-11(19)15-7-8-16(23-15)17(20)21-10-13-9-14(22-18-13)12-5-3-2-4-6-12/h2-9H,10H2,1H3. The second-order valence-corrected chi connectivity index (χ2v) is 5.93. The highest BCUT2D eigenvalue weighted by molar-refractivity contribution is 7.15. The normalized spacial score (nSPS) is 10.5. The summed E-state index contributed by atoms with van der Waals surface area (Å²) < 4.78 is 10.4. The van der Waals surface area contributed by atoms with E-state index in [9.17, 15) is 9.59 Å². The average molecular weight is 327 g/mol. The first kappa shape index (κ1) is 15.2. The number of esters is 1. The van der Waals surface area contributed by atoms with Crippen LogP contribution in [0.25, 0.3) is 11.3 Å². The van der Waals surface area contributed by atoms with Gasteiger partial charge in [-0.2, -0.15) is 0 Å². The molecule has 0 fully saturated rings. The smallest absolute Gasteiger partial charge is 0.348 e. The summed E-state index contributed by atoms with van der Waals surface area (Å²) in [6, 6.07) is 14.5. The second kappa shape index (κ2) is 6.58. The monoisotopic (exact) mass is 327 g/mol. The highest BCUT2D eigenvalue weighted by Crippen LogP contribution is 2.21. The molecule has 0 atom stereocenters. The summed E-state index contributed by atoms with van der Waals surface area (Å²) in [5.74, 6) is 0.0662. The topological polar surface area (TPSA) is 69.4 Å². The molecule has 0 aliphatic heterocycles. The maximum atomic E-state index is 11.9. The van der Waals surface area contributed by atoms with Gasteiger partial charge < -0.3 is 9.26 Å². The maximum Gasteiger partial charge on any atom is 0.348 e. The molecule has 0 amide bonds. The van der Waals surface area contributed by atoms with Gasteiger partial charge in [-0.15, -0.1) is 11.3 Å². The largest absolute Gasteiger partial charge is 0.455 e. The van der Waals surface area contributed by atoms with Crippen molar-refractivity contribution < 1.29 is 18.8 Å². The second-order valence-electron chi connectivity index (χ2n) is 4.84. The van der Waals surface area contributed by atoms with E-state index in [1.165, 1.54) is 6.92 Å². The van der Waals surface area contributed by atoms with E-state index >= 15 is 0 Å². The molecule has 0 unspecified atom stereocenters. The molecule has 0 saturated carbocycles. The minimum atomic E-state index is -0.480. The third-order valence-electron chi connectivity index (χ3n) is 3.12. The number of Topliss-reactive ketones (excluding diaryl/α,β-unsaturated/α-hetero) is 1. The summed E-state index contributed by atoms with van der Waals surface area (Å²) in [7, 11) is 0. The number of hydrogen-bond acceptors (Lipinski definition) is 6. The van der Waals surface area contributed by atoms with Crippen LogP contribution in [0.5, 0.6) is 0 Å². The molecule has 3 aromatic rings. The van der Waals surface area contributed by atoms with Gasteiger partial charge in [0.05, 0.1) is 4.88 Å². The summed E-state index contributed by atoms with van der Waals surface area (Å²) in [6.45, 7) is 1.48. The van der Waals surface area contributed by atoms with Crippen molar-refractivity contribution in [3.8, 4) is 11.3 Å². The Bertz CT molecular complexity index is 835. The van der Waals surface area contributed by atoms with Crippen molar-refractivity contribution in [2.24, 2.45) is 0 Å². The van der Waals surface area contributed by atoms with Crippen LogP contribution < -0.4 is 0 Å². The van der Waals surface area contributed by atoms with E-state index < -0.39 is 5.97 Å². The first-order valence-electron chi connectivity index (χ1n) is 6.92. The summed E-state index contributed by atoms with van der Waals surface area (Å²) >= 11 is 1.12. The molecule has 0 spiro atoms. The van der Waals surface area contributed by atoms with Crippen molar-refractivity contribution in [1.29, 1.82) is 0 Å². The fourth-order valence-corrected chi connectivity index (χ4v) is 2.76. The van der Waals surface area contributed by atoms with Crippen molar-refractivity contribution in [1.82, 2.24) is 5.16 Å².